The zero-order valence-electron chi connectivity index (χ0n) is 18.4. The van der Waals surface area contributed by atoms with E-state index in [1.807, 2.05) is 12.1 Å². The van der Waals surface area contributed by atoms with Gasteiger partial charge in [0, 0.05) is 49.5 Å². The highest BCUT2D eigenvalue weighted by Gasteiger charge is 2.52. The van der Waals surface area contributed by atoms with Gasteiger partial charge in [0.05, 0.1) is 18.9 Å². The lowest BCUT2D eigenvalue weighted by Crippen LogP contribution is -2.59. The van der Waals surface area contributed by atoms with Crippen LogP contribution in [0.2, 0.25) is 0 Å². The molecule has 0 saturated carbocycles. The molecule has 5 nitrogen and oxygen atoms in total. The standard InChI is InChI=1S/C25H31N3O2/c1-17(2)27-12-10-25(11-13-27)28-23(21-14-18(3)8-9-24(21)30-25)16-22(26-28)19-6-5-7-20(15-19)29-4/h5-9,14-15,17,23H,10-13,16H2,1-4H3. The third-order valence-corrected chi connectivity index (χ3v) is 6.86. The average Bonchev–Trinajstić information content (AvgIpc) is 3.22. The summed E-state index contributed by atoms with van der Waals surface area (Å²) in [6, 6.07) is 15.6. The molecule has 1 saturated heterocycles. The van der Waals surface area contributed by atoms with Crippen molar-refractivity contribution in [3.05, 3.63) is 59.2 Å². The van der Waals surface area contributed by atoms with Gasteiger partial charge in [-0.05, 0) is 39.0 Å². The molecule has 30 heavy (non-hydrogen) atoms. The molecule has 0 amide bonds. The predicted octanol–water partition coefficient (Wildman–Crippen LogP) is 4.75. The lowest BCUT2D eigenvalue weighted by atomic mass is 9.90. The number of ether oxygens (including phenoxy) is 2. The van der Waals surface area contributed by atoms with Crippen LogP contribution in [0, 0.1) is 6.92 Å². The van der Waals surface area contributed by atoms with Gasteiger partial charge >= 0.3 is 0 Å². The number of benzene rings is 2. The Labute approximate surface area is 179 Å². The van der Waals surface area contributed by atoms with Gasteiger partial charge in [0.25, 0.3) is 0 Å². The number of hydrogen-bond acceptors (Lipinski definition) is 5. The molecule has 2 aromatic carbocycles. The molecule has 5 heteroatoms. The van der Waals surface area contributed by atoms with E-state index in [0.717, 1.165) is 55.1 Å². The van der Waals surface area contributed by atoms with E-state index in [4.69, 9.17) is 14.6 Å². The number of methoxy groups -OCH3 is 1. The molecular weight excluding hydrogens is 374 g/mol. The summed E-state index contributed by atoms with van der Waals surface area (Å²) in [6.07, 6.45) is 2.82. The first-order chi connectivity index (χ1) is 14.5. The van der Waals surface area contributed by atoms with Crippen molar-refractivity contribution in [1.82, 2.24) is 9.91 Å². The summed E-state index contributed by atoms with van der Waals surface area (Å²) < 4.78 is 12.2. The Bertz CT molecular complexity index is 976. The zero-order chi connectivity index (χ0) is 20.9. The van der Waals surface area contributed by atoms with E-state index in [9.17, 15) is 0 Å². The Balaban J connectivity index is 1.54. The molecule has 3 heterocycles. The normalized spacial score (nSPS) is 22.5. The molecule has 1 spiro atoms. The maximum atomic E-state index is 6.75. The van der Waals surface area contributed by atoms with Crippen LogP contribution in [0.4, 0.5) is 0 Å². The van der Waals surface area contributed by atoms with Crippen molar-refractivity contribution in [1.29, 1.82) is 0 Å². The van der Waals surface area contributed by atoms with E-state index in [2.05, 4.69) is 61.0 Å². The number of likely N-dealkylation sites (tertiary alicyclic amines) is 1. The predicted molar refractivity (Wildman–Crippen MR) is 119 cm³/mol. The number of rotatable bonds is 3. The maximum Gasteiger partial charge on any atom is 0.200 e. The monoisotopic (exact) mass is 405 g/mol. The van der Waals surface area contributed by atoms with Gasteiger partial charge in [-0.2, -0.15) is 5.10 Å². The van der Waals surface area contributed by atoms with Crippen LogP contribution in [0.1, 0.15) is 55.8 Å². The Hall–Kier alpha value is -2.53. The Morgan fingerprint density at radius 3 is 2.67 bits per heavy atom. The van der Waals surface area contributed by atoms with Crippen molar-refractivity contribution in [2.75, 3.05) is 20.2 Å². The molecule has 5 rings (SSSR count). The van der Waals surface area contributed by atoms with Gasteiger partial charge in [0.2, 0.25) is 5.72 Å². The van der Waals surface area contributed by atoms with Crippen LogP contribution >= 0.6 is 0 Å². The number of nitrogens with zero attached hydrogens (tertiary/aromatic N) is 3. The number of hydrazone groups is 1. The van der Waals surface area contributed by atoms with Crippen LogP contribution in [0.25, 0.3) is 0 Å². The van der Waals surface area contributed by atoms with E-state index in [1.54, 1.807) is 7.11 Å². The van der Waals surface area contributed by atoms with Crippen LogP contribution in [0.15, 0.2) is 47.6 Å². The fourth-order valence-corrected chi connectivity index (χ4v) is 5.10. The number of piperidine rings is 1. The molecule has 0 aromatic heterocycles. The van der Waals surface area contributed by atoms with E-state index in [0.29, 0.717) is 6.04 Å². The molecule has 1 atom stereocenters. The number of fused-ring (bicyclic) bond motifs is 4. The molecule has 158 valence electrons. The van der Waals surface area contributed by atoms with Gasteiger partial charge < -0.3 is 14.4 Å². The minimum atomic E-state index is -0.362. The van der Waals surface area contributed by atoms with Crippen LogP contribution in [0.5, 0.6) is 11.5 Å². The summed E-state index contributed by atoms with van der Waals surface area (Å²) in [6.45, 7) is 8.76. The second-order valence-electron chi connectivity index (χ2n) is 9.06. The molecule has 1 fully saturated rings. The Kier molecular flexibility index (Phi) is 4.73. The summed E-state index contributed by atoms with van der Waals surface area (Å²) in [5, 5.41) is 7.47. The largest absolute Gasteiger partial charge is 0.497 e. The summed E-state index contributed by atoms with van der Waals surface area (Å²) in [5.74, 6) is 1.90. The highest BCUT2D eigenvalue weighted by Crippen LogP contribution is 2.50. The van der Waals surface area contributed by atoms with Crippen molar-refractivity contribution in [3.63, 3.8) is 0 Å². The van der Waals surface area contributed by atoms with Crippen molar-refractivity contribution >= 4 is 5.71 Å². The third kappa shape index (κ3) is 3.16. The smallest absolute Gasteiger partial charge is 0.200 e. The quantitative estimate of drug-likeness (QED) is 0.739. The summed E-state index contributed by atoms with van der Waals surface area (Å²) in [4.78, 5) is 2.54. The fourth-order valence-electron chi connectivity index (χ4n) is 5.10. The lowest BCUT2D eigenvalue weighted by Gasteiger charge is -2.51. The molecule has 3 aliphatic heterocycles. The van der Waals surface area contributed by atoms with E-state index in [-0.39, 0.29) is 11.8 Å². The molecular formula is C25H31N3O2. The lowest BCUT2D eigenvalue weighted by molar-refractivity contribution is -0.152. The minimum Gasteiger partial charge on any atom is -0.497 e. The van der Waals surface area contributed by atoms with E-state index < -0.39 is 0 Å². The SMILES string of the molecule is COc1cccc(C2=NN3C(C2)c2cc(C)ccc2OC32CCN(C(C)C)CC2)c1. The number of hydrogen-bond donors (Lipinski definition) is 0. The summed E-state index contributed by atoms with van der Waals surface area (Å²) >= 11 is 0. The Morgan fingerprint density at radius 1 is 1.13 bits per heavy atom. The minimum absolute atomic E-state index is 0.223. The molecule has 0 bridgehead atoms. The molecule has 0 aliphatic carbocycles. The number of aryl methyl sites for hydroxylation is 1. The Morgan fingerprint density at radius 2 is 1.93 bits per heavy atom. The fraction of sp³-hybridized carbons (Fsp3) is 0.480. The van der Waals surface area contributed by atoms with Crippen LogP contribution in [0.3, 0.4) is 0 Å². The van der Waals surface area contributed by atoms with Crippen LogP contribution in [-0.4, -0.2) is 47.6 Å². The topological polar surface area (TPSA) is 37.3 Å². The van der Waals surface area contributed by atoms with Crippen molar-refractivity contribution in [3.8, 4) is 11.5 Å². The maximum absolute atomic E-state index is 6.75. The van der Waals surface area contributed by atoms with Crippen LogP contribution in [-0.2, 0) is 0 Å². The zero-order valence-corrected chi connectivity index (χ0v) is 18.4. The van der Waals surface area contributed by atoms with E-state index >= 15 is 0 Å². The van der Waals surface area contributed by atoms with Gasteiger partial charge in [0.15, 0.2) is 0 Å². The van der Waals surface area contributed by atoms with E-state index in [1.165, 1.54) is 11.1 Å². The average molecular weight is 406 g/mol. The van der Waals surface area contributed by atoms with Gasteiger partial charge in [-0.15, -0.1) is 0 Å². The second-order valence-corrected chi connectivity index (χ2v) is 9.06. The van der Waals surface area contributed by atoms with Crippen molar-refractivity contribution < 1.29 is 9.47 Å². The third-order valence-electron chi connectivity index (χ3n) is 6.86. The molecule has 2 aromatic rings. The summed E-state index contributed by atoms with van der Waals surface area (Å²) in [5.41, 5.74) is 4.40. The van der Waals surface area contributed by atoms with Gasteiger partial charge in [-0.3, -0.25) is 0 Å². The molecule has 1 unspecified atom stereocenters. The molecule has 0 radical (unpaired) electrons. The highest BCUT2D eigenvalue weighted by molar-refractivity contribution is 6.02. The van der Waals surface area contributed by atoms with Crippen molar-refractivity contribution in [2.45, 2.75) is 57.8 Å². The first-order valence-electron chi connectivity index (χ1n) is 11.0. The molecule has 3 aliphatic rings. The highest BCUT2D eigenvalue weighted by atomic mass is 16.5. The molecule has 0 N–H and O–H groups in total. The van der Waals surface area contributed by atoms with Gasteiger partial charge in [-0.1, -0.05) is 29.8 Å². The summed E-state index contributed by atoms with van der Waals surface area (Å²) in [7, 11) is 1.71. The van der Waals surface area contributed by atoms with Crippen molar-refractivity contribution in [2.24, 2.45) is 5.10 Å². The second kappa shape index (κ2) is 7.31. The van der Waals surface area contributed by atoms with Crippen LogP contribution < -0.4 is 9.47 Å². The van der Waals surface area contributed by atoms with Gasteiger partial charge in [0.1, 0.15) is 11.5 Å². The van der Waals surface area contributed by atoms with Gasteiger partial charge in [-0.25, -0.2) is 5.01 Å². The first kappa shape index (κ1) is 19.4. The first-order valence-corrected chi connectivity index (χ1v) is 11.0.